The van der Waals surface area contributed by atoms with Gasteiger partial charge >= 0.3 is 0 Å². The maximum Gasteiger partial charge on any atom is 0.255 e. The lowest BCUT2D eigenvalue weighted by molar-refractivity contribution is 0.0666. The summed E-state index contributed by atoms with van der Waals surface area (Å²) in [5, 5.41) is 0.832. The molecule has 0 unspecified atom stereocenters. The van der Waals surface area contributed by atoms with Gasteiger partial charge in [0.2, 0.25) is 0 Å². The van der Waals surface area contributed by atoms with Crippen molar-refractivity contribution in [1.29, 1.82) is 0 Å². The minimum atomic E-state index is -0.212. The van der Waals surface area contributed by atoms with E-state index in [1.807, 2.05) is 6.07 Å². The topological polar surface area (TPSA) is 42.7 Å². The van der Waals surface area contributed by atoms with Crippen LogP contribution in [0.15, 0.2) is 41.0 Å². The number of hydrogen-bond donors (Lipinski definition) is 0. The van der Waals surface area contributed by atoms with Gasteiger partial charge in [-0.25, -0.2) is 0 Å². The predicted molar refractivity (Wildman–Crippen MR) is 81.8 cm³/mol. The van der Waals surface area contributed by atoms with E-state index in [1.54, 1.807) is 42.5 Å². The maximum atomic E-state index is 12.6. The van der Waals surface area contributed by atoms with Gasteiger partial charge in [-0.05, 0) is 30.3 Å². The molecule has 1 amide bonds. The number of nitrogens with zero attached hydrogens (tertiary/aromatic N) is 1. The quantitative estimate of drug-likeness (QED) is 0.808. The van der Waals surface area contributed by atoms with Crippen molar-refractivity contribution in [2.45, 2.75) is 6.54 Å². The molecule has 0 atom stereocenters. The molecule has 0 spiro atoms. The molecule has 0 N–H and O–H groups in total. The summed E-state index contributed by atoms with van der Waals surface area (Å²) >= 11 is 12.0. The maximum absolute atomic E-state index is 12.6. The zero-order chi connectivity index (χ0) is 15.2. The van der Waals surface area contributed by atoms with E-state index in [1.165, 1.54) is 0 Å². The first-order valence-electron chi connectivity index (χ1n) is 6.37. The first kappa shape index (κ1) is 15.9. The highest BCUT2D eigenvalue weighted by Crippen LogP contribution is 2.23. The van der Waals surface area contributed by atoms with E-state index in [-0.39, 0.29) is 5.91 Å². The molecule has 2 rings (SSSR count). The Bertz CT molecular complexity index is 599. The number of hydrogen-bond acceptors (Lipinski definition) is 3. The van der Waals surface area contributed by atoms with E-state index >= 15 is 0 Å². The van der Waals surface area contributed by atoms with Crippen LogP contribution >= 0.6 is 23.2 Å². The predicted octanol–water partition coefficient (Wildman–Crippen LogP) is 3.88. The molecule has 2 aromatic rings. The Kier molecular flexibility index (Phi) is 5.67. The van der Waals surface area contributed by atoms with Gasteiger partial charge in [0.1, 0.15) is 5.76 Å². The summed E-state index contributed by atoms with van der Waals surface area (Å²) < 4.78 is 10.3. The van der Waals surface area contributed by atoms with Crippen molar-refractivity contribution in [2.75, 3.05) is 20.3 Å². The smallest absolute Gasteiger partial charge is 0.255 e. The van der Waals surface area contributed by atoms with Crippen molar-refractivity contribution in [3.05, 3.63) is 58.0 Å². The molecule has 0 aliphatic heterocycles. The van der Waals surface area contributed by atoms with Gasteiger partial charge in [0.15, 0.2) is 0 Å². The van der Waals surface area contributed by atoms with Gasteiger partial charge in [0, 0.05) is 18.7 Å². The third-order valence-electron chi connectivity index (χ3n) is 2.94. The Balaban J connectivity index is 2.22. The Hall–Kier alpha value is -1.49. The summed E-state index contributed by atoms with van der Waals surface area (Å²) in [5.41, 5.74) is 0.367. The fourth-order valence-corrected chi connectivity index (χ4v) is 2.25. The lowest BCUT2D eigenvalue weighted by Gasteiger charge is -2.22. The van der Waals surface area contributed by atoms with Gasteiger partial charge in [0.05, 0.1) is 30.0 Å². The third-order valence-corrected chi connectivity index (χ3v) is 3.50. The minimum Gasteiger partial charge on any atom is -0.467 e. The zero-order valence-corrected chi connectivity index (χ0v) is 13.0. The van der Waals surface area contributed by atoms with Crippen LogP contribution in [-0.4, -0.2) is 31.1 Å². The second kappa shape index (κ2) is 7.50. The lowest BCUT2D eigenvalue weighted by Crippen LogP contribution is -2.33. The average Bonchev–Trinajstić information content (AvgIpc) is 2.98. The molecule has 112 valence electrons. The second-order valence-electron chi connectivity index (χ2n) is 4.42. The number of amides is 1. The number of halogens is 2. The Morgan fingerprint density at radius 2 is 2.14 bits per heavy atom. The third kappa shape index (κ3) is 4.24. The van der Waals surface area contributed by atoms with E-state index < -0.39 is 0 Å². The van der Waals surface area contributed by atoms with E-state index in [2.05, 4.69) is 0 Å². The van der Waals surface area contributed by atoms with Crippen molar-refractivity contribution in [2.24, 2.45) is 0 Å². The Morgan fingerprint density at radius 3 is 2.81 bits per heavy atom. The van der Waals surface area contributed by atoms with Gasteiger partial charge < -0.3 is 14.1 Å². The number of rotatable bonds is 6. The summed E-state index contributed by atoms with van der Waals surface area (Å²) in [6.07, 6.45) is 1.57. The number of furan rings is 1. The number of methoxy groups -OCH3 is 1. The molecular weight excluding hydrogens is 313 g/mol. The van der Waals surface area contributed by atoms with Crippen molar-refractivity contribution in [3.8, 4) is 0 Å². The monoisotopic (exact) mass is 327 g/mol. The van der Waals surface area contributed by atoms with Crippen LogP contribution in [0, 0.1) is 0 Å². The Morgan fingerprint density at radius 1 is 1.33 bits per heavy atom. The van der Waals surface area contributed by atoms with Crippen LogP contribution in [0.25, 0.3) is 0 Å². The first-order chi connectivity index (χ1) is 10.1. The number of carbonyl (C=O) groups excluding carboxylic acids is 1. The number of benzene rings is 1. The molecule has 0 aliphatic carbocycles. The SMILES string of the molecule is COCCN(Cc1ccco1)C(=O)c1cc(Cl)ccc1Cl. The van der Waals surface area contributed by atoms with Crippen molar-refractivity contribution in [1.82, 2.24) is 4.90 Å². The normalized spacial score (nSPS) is 10.6. The van der Waals surface area contributed by atoms with Gasteiger partial charge in [-0.1, -0.05) is 23.2 Å². The van der Waals surface area contributed by atoms with Crippen molar-refractivity contribution in [3.63, 3.8) is 0 Å². The summed E-state index contributed by atoms with van der Waals surface area (Å²) in [6, 6.07) is 8.41. The van der Waals surface area contributed by atoms with Gasteiger partial charge in [-0.3, -0.25) is 4.79 Å². The molecule has 4 nitrogen and oxygen atoms in total. The van der Waals surface area contributed by atoms with Crippen molar-refractivity contribution < 1.29 is 13.9 Å². The average molecular weight is 328 g/mol. The second-order valence-corrected chi connectivity index (χ2v) is 5.27. The molecule has 6 heteroatoms. The Labute approximate surface area is 133 Å². The van der Waals surface area contributed by atoms with Crippen LogP contribution in [0.2, 0.25) is 10.0 Å². The summed E-state index contributed by atoms with van der Waals surface area (Å²) in [7, 11) is 1.59. The van der Waals surface area contributed by atoms with Crippen LogP contribution in [0.5, 0.6) is 0 Å². The van der Waals surface area contributed by atoms with Crippen LogP contribution in [0.3, 0.4) is 0 Å². The van der Waals surface area contributed by atoms with E-state index in [4.69, 9.17) is 32.4 Å². The molecule has 0 bridgehead atoms. The van der Waals surface area contributed by atoms with Crippen LogP contribution in [0.4, 0.5) is 0 Å². The molecule has 21 heavy (non-hydrogen) atoms. The van der Waals surface area contributed by atoms with Crippen LogP contribution in [-0.2, 0) is 11.3 Å². The van der Waals surface area contributed by atoms with Gasteiger partial charge in [0.25, 0.3) is 5.91 Å². The number of carbonyl (C=O) groups is 1. The highest BCUT2D eigenvalue weighted by atomic mass is 35.5. The molecule has 1 aromatic carbocycles. The summed E-state index contributed by atoms with van der Waals surface area (Å²) in [5.74, 6) is 0.480. The zero-order valence-electron chi connectivity index (χ0n) is 11.5. The van der Waals surface area contributed by atoms with Gasteiger partial charge in [-0.15, -0.1) is 0 Å². The highest BCUT2D eigenvalue weighted by molar-refractivity contribution is 6.35. The summed E-state index contributed by atoms with van der Waals surface area (Å²) in [4.78, 5) is 14.2. The fourth-order valence-electron chi connectivity index (χ4n) is 1.88. The molecule has 0 radical (unpaired) electrons. The molecule has 0 saturated heterocycles. The number of ether oxygens (including phenoxy) is 1. The van der Waals surface area contributed by atoms with Crippen molar-refractivity contribution >= 4 is 29.1 Å². The van der Waals surface area contributed by atoms with E-state index in [9.17, 15) is 4.79 Å². The largest absolute Gasteiger partial charge is 0.467 e. The van der Waals surface area contributed by atoms with Crippen LogP contribution < -0.4 is 0 Å². The molecule has 1 aromatic heterocycles. The molecule has 1 heterocycles. The highest BCUT2D eigenvalue weighted by Gasteiger charge is 2.20. The molecule has 0 aliphatic rings. The standard InChI is InChI=1S/C15H15Cl2NO3/c1-20-8-6-18(10-12-3-2-7-21-12)15(19)13-9-11(16)4-5-14(13)17/h2-5,7,9H,6,8,10H2,1H3. The van der Waals surface area contributed by atoms with E-state index in [0.717, 1.165) is 0 Å². The molecular formula is C15H15Cl2NO3. The lowest BCUT2D eigenvalue weighted by atomic mass is 10.2. The van der Waals surface area contributed by atoms with E-state index in [0.29, 0.717) is 41.1 Å². The van der Waals surface area contributed by atoms with Crippen LogP contribution in [0.1, 0.15) is 16.1 Å². The molecule has 0 fully saturated rings. The fraction of sp³-hybridized carbons (Fsp3) is 0.267. The van der Waals surface area contributed by atoms with Gasteiger partial charge in [-0.2, -0.15) is 0 Å². The molecule has 0 saturated carbocycles. The minimum absolute atomic E-state index is 0.212. The summed E-state index contributed by atoms with van der Waals surface area (Å²) in [6.45, 7) is 1.20. The first-order valence-corrected chi connectivity index (χ1v) is 7.13.